The Hall–Kier alpha value is -2.05. The van der Waals surface area contributed by atoms with Gasteiger partial charge in [0.25, 0.3) is 5.91 Å². The molecule has 1 aliphatic heterocycles. The molecule has 3 rings (SSSR count). The Balaban J connectivity index is 0.00000132. The van der Waals surface area contributed by atoms with Gasteiger partial charge in [-0.1, -0.05) is 6.07 Å². The van der Waals surface area contributed by atoms with Gasteiger partial charge in [0, 0.05) is 43.6 Å². The molecule has 0 radical (unpaired) electrons. The quantitative estimate of drug-likeness (QED) is 0.832. The van der Waals surface area contributed by atoms with Gasteiger partial charge in [0.05, 0.1) is 0 Å². The van der Waals surface area contributed by atoms with E-state index in [2.05, 4.69) is 15.1 Å². The van der Waals surface area contributed by atoms with Gasteiger partial charge in [-0.15, -0.1) is 29.9 Å². The van der Waals surface area contributed by atoms with E-state index in [1.807, 2.05) is 17.0 Å². The van der Waals surface area contributed by atoms with Gasteiger partial charge in [-0.2, -0.15) is 5.10 Å². The number of anilines is 2. The number of aromatic nitrogens is 2. The van der Waals surface area contributed by atoms with Crippen LogP contribution in [0.1, 0.15) is 10.4 Å². The van der Waals surface area contributed by atoms with Crippen molar-refractivity contribution >= 4 is 42.2 Å². The fourth-order valence-electron chi connectivity index (χ4n) is 2.45. The minimum absolute atomic E-state index is 0. The lowest BCUT2D eigenvalue weighted by Crippen LogP contribution is -2.49. The van der Waals surface area contributed by atoms with Crippen LogP contribution >= 0.6 is 24.8 Å². The first kappa shape index (κ1) is 19.0. The molecule has 0 atom stereocenters. The van der Waals surface area contributed by atoms with E-state index in [1.165, 1.54) is 0 Å². The van der Waals surface area contributed by atoms with Crippen molar-refractivity contribution in [1.82, 2.24) is 15.1 Å². The molecule has 2 heterocycles. The van der Waals surface area contributed by atoms with Crippen molar-refractivity contribution in [2.24, 2.45) is 0 Å². The van der Waals surface area contributed by atoms with Gasteiger partial charge in [-0.25, -0.2) is 0 Å². The first-order chi connectivity index (χ1) is 10.2. The Bertz CT molecular complexity index is 633. The Morgan fingerprint density at radius 2 is 1.78 bits per heavy atom. The van der Waals surface area contributed by atoms with Crippen LogP contribution in [-0.4, -0.2) is 47.2 Å². The van der Waals surface area contributed by atoms with Crippen molar-refractivity contribution in [1.29, 1.82) is 0 Å². The average Bonchev–Trinajstić information content (AvgIpc) is 2.55. The maximum absolute atomic E-state index is 12.4. The maximum atomic E-state index is 12.4. The Labute approximate surface area is 147 Å². The molecule has 0 saturated carbocycles. The van der Waals surface area contributed by atoms with E-state index in [0.29, 0.717) is 24.3 Å². The summed E-state index contributed by atoms with van der Waals surface area (Å²) in [5.74, 6) is 0.884. The van der Waals surface area contributed by atoms with Gasteiger partial charge in [0.1, 0.15) is 0 Å². The molecule has 1 amide bonds. The normalized spacial score (nSPS) is 13.7. The molecular formula is C15H19Cl2N5O. The molecule has 0 aliphatic carbocycles. The van der Waals surface area contributed by atoms with Crippen molar-refractivity contribution in [3.8, 4) is 0 Å². The first-order valence-corrected chi connectivity index (χ1v) is 6.91. The maximum Gasteiger partial charge on any atom is 0.254 e. The van der Waals surface area contributed by atoms with E-state index in [0.717, 1.165) is 18.9 Å². The van der Waals surface area contributed by atoms with Gasteiger partial charge >= 0.3 is 0 Å². The molecule has 6 nitrogen and oxygen atoms in total. The van der Waals surface area contributed by atoms with Crippen molar-refractivity contribution in [2.45, 2.75) is 0 Å². The minimum atomic E-state index is 0. The molecule has 0 bridgehead atoms. The van der Waals surface area contributed by atoms with Gasteiger partial charge < -0.3 is 15.5 Å². The van der Waals surface area contributed by atoms with Crippen LogP contribution in [0.3, 0.4) is 0 Å². The Kier molecular flexibility index (Phi) is 7.06. The smallest absolute Gasteiger partial charge is 0.254 e. The highest BCUT2D eigenvalue weighted by Crippen LogP contribution is 2.15. The standard InChI is InChI=1S/C15H17N5O.2ClH/c16-13-4-1-3-12(11-13)15(21)20-9-7-19(8-10-20)14-5-2-6-17-18-14;;/h1-6,11H,7-10,16H2;2*1H. The molecule has 0 unspecified atom stereocenters. The third kappa shape index (κ3) is 4.46. The van der Waals surface area contributed by atoms with Gasteiger partial charge in [-0.05, 0) is 30.3 Å². The van der Waals surface area contributed by atoms with Crippen LogP contribution in [0.4, 0.5) is 11.5 Å². The number of halogens is 2. The third-order valence-electron chi connectivity index (χ3n) is 3.58. The van der Waals surface area contributed by atoms with E-state index in [1.54, 1.807) is 30.5 Å². The van der Waals surface area contributed by atoms with Crippen LogP contribution in [0.2, 0.25) is 0 Å². The summed E-state index contributed by atoms with van der Waals surface area (Å²) in [6, 6.07) is 10.9. The molecule has 2 N–H and O–H groups in total. The predicted molar refractivity (Wildman–Crippen MR) is 95.5 cm³/mol. The molecule has 23 heavy (non-hydrogen) atoms. The van der Waals surface area contributed by atoms with Crippen LogP contribution in [0.25, 0.3) is 0 Å². The number of nitrogens with zero attached hydrogens (tertiary/aromatic N) is 4. The molecular weight excluding hydrogens is 337 g/mol. The summed E-state index contributed by atoms with van der Waals surface area (Å²) in [5.41, 5.74) is 6.98. The van der Waals surface area contributed by atoms with Crippen LogP contribution in [0.5, 0.6) is 0 Å². The lowest BCUT2D eigenvalue weighted by molar-refractivity contribution is 0.0746. The molecule has 2 aromatic rings. The number of carbonyl (C=O) groups is 1. The Morgan fingerprint density at radius 1 is 1.04 bits per heavy atom. The molecule has 1 aliphatic rings. The van der Waals surface area contributed by atoms with E-state index in [9.17, 15) is 4.79 Å². The molecule has 1 aromatic heterocycles. The molecule has 1 aromatic carbocycles. The molecule has 0 spiro atoms. The second kappa shape index (κ2) is 8.55. The van der Waals surface area contributed by atoms with Crippen LogP contribution in [0, 0.1) is 0 Å². The molecule has 1 fully saturated rings. The lowest BCUT2D eigenvalue weighted by Gasteiger charge is -2.35. The number of carbonyl (C=O) groups excluding carboxylic acids is 1. The van der Waals surface area contributed by atoms with Gasteiger partial charge in [0.2, 0.25) is 0 Å². The number of piperazine rings is 1. The number of nitrogens with two attached hydrogens (primary N) is 1. The summed E-state index contributed by atoms with van der Waals surface area (Å²) in [6.07, 6.45) is 1.66. The fourth-order valence-corrected chi connectivity index (χ4v) is 2.45. The number of hydrogen-bond donors (Lipinski definition) is 1. The highest BCUT2D eigenvalue weighted by molar-refractivity contribution is 5.95. The zero-order valence-corrected chi connectivity index (χ0v) is 14.1. The van der Waals surface area contributed by atoms with Crippen LogP contribution < -0.4 is 10.6 Å². The van der Waals surface area contributed by atoms with Crippen LogP contribution in [0.15, 0.2) is 42.6 Å². The number of amides is 1. The molecule has 1 saturated heterocycles. The van der Waals surface area contributed by atoms with Crippen molar-refractivity contribution in [3.63, 3.8) is 0 Å². The van der Waals surface area contributed by atoms with E-state index >= 15 is 0 Å². The van der Waals surface area contributed by atoms with Crippen LogP contribution in [-0.2, 0) is 0 Å². The highest BCUT2D eigenvalue weighted by atomic mass is 35.5. The highest BCUT2D eigenvalue weighted by Gasteiger charge is 2.22. The van der Waals surface area contributed by atoms with E-state index in [-0.39, 0.29) is 30.7 Å². The number of rotatable bonds is 2. The van der Waals surface area contributed by atoms with Gasteiger partial charge in [0.15, 0.2) is 5.82 Å². The largest absolute Gasteiger partial charge is 0.399 e. The summed E-state index contributed by atoms with van der Waals surface area (Å²) < 4.78 is 0. The monoisotopic (exact) mass is 355 g/mol. The second-order valence-corrected chi connectivity index (χ2v) is 4.99. The number of hydrogen-bond acceptors (Lipinski definition) is 5. The van der Waals surface area contributed by atoms with Crippen molar-refractivity contribution in [2.75, 3.05) is 36.8 Å². The summed E-state index contributed by atoms with van der Waals surface area (Å²) in [7, 11) is 0. The predicted octanol–water partition coefficient (Wildman–Crippen LogP) is 1.86. The second-order valence-electron chi connectivity index (χ2n) is 4.99. The SMILES string of the molecule is Cl.Cl.Nc1cccc(C(=O)N2CCN(c3cccnn3)CC2)c1. The van der Waals surface area contributed by atoms with E-state index in [4.69, 9.17) is 5.73 Å². The zero-order chi connectivity index (χ0) is 14.7. The summed E-state index contributed by atoms with van der Waals surface area (Å²) >= 11 is 0. The minimum Gasteiger partial charge on any atom is -0.399 e. The lowest BCUT2D eigenvalue weighted by atomic mass is 10.1. The molecule has 8 heteroatoms. The topological polar surface area (TPSA) is 75.4 Å². The summed E-state index contributed by atoms with van der Waals surface area (Å²) in [5, 5.41) is 7.98. The average molecular weight is 356 g/mol. The van der Waals surface area contributed by atoms with Crippen molar-refractivity contribution < 1.29 is 4.79 Å². The first-order valence-electron chi connectivity index (χ1n) is 6.91. The number of nitrogen functional groups attached to an aromatic ring is 1. The van der Waals surface area contributed by atoms with Crippen molar-refractivity contribution in [3.05, 3.63) is 48.2 Å². The van der Waals surface area contributed by atoms with Gasteiger partial charge in [-0.3, -0.25) is 4.79 Å². The molecule has 124 valence electrons. The summed E-state index contributed by atoms with van der Waals surface area (Å²) in [4.78, 5) is 16.4. The third-order valence-corrected chi connectivity index (χ3v) is 3.58. The number of benzene rings is 1. The Morgan fingerprint density at radius 3 is 2.39 bits per heavy atom. The zero-order valence-electron chi connectivity index (χ0n) is 12.5. The summed E-state index contributed by atoms with van der Waals surface area (Å²) in [6.45, 7) is 2.86. The van der Waals surface area contributed by atoms with E-state index < -0.39 is 0 Å². The fraction of sp³-hybridized carbons (Fsp3) is 0.267.